The van der Waals surface area contributed by atoms with Gasteiger partial charge in [0.15, 0.2) is 0 Å². The topological polar surface area (TPSA) is 69.2 Å². The van der Waals surface area contributed by atoms with E-state index in [1.165, 1.54) is 0 Å². The fourth-order valence-corrected chi connectivity index (χ4v) is 1.79. The Kier molecular flexibility index (Phi) is 2.95. The van der Waals surface area contributed by atoms with E-state index in [9.17, 15) is 10.1 Å². The molecule has 2 N–H and O–H groups in total. The number of nitrogen functional groups attached to an aromatic ring is 1. The molecule has 1 aromatic rings. The van der Waals surface area contributed by atoms with Gasteiger partial charge in [0.05, 0.1) is 10.5 Å². The molecular formula is C12H18N2O2. The minimum absolute atomic E-state index is 0.149. The number of aryl methyl sites for hydroxylation is 1. The summed E-state index contributed by atoms with van der Waals surface area (Å²) < 4.78 is 0. The van der Waals surface area contributed by atoms with Crippen LogP contribution in [0, 0.1) is 24.0 Å². The van der Waals surface area contributed by atoms with Gasteiger partial charge in [0.25, 0.3) is 5.69 Å². The lowest BCUT2D eigenvalue weighted by atomic mass is 9.83. The molecule has 0 radical (unpaired) electrons. The summed E-state index contributed by atoms with van der Waals surface area (Å²) in [7, 11) is 0. The highest BCUT2D eigenvalue weighted by molar-refractivity contribution is 5.66. The molecule has 0 aromatic heterocycles. The van der Waals surface area contributed by atoms with Crippen LogP contribution in [0.3, 0.4) is 0 Å². The molecule has 0 bridgehead atoms. The summed E-state index contributed by atoms with van der Waals surface area (Å²) in [6.07, 6.45) is 0. The van der Waals surface area contributed by atoms with Crippen molar-refractivity contribution in [2.24, 2.45) is 0 Å². The lowest BCUT2D eigenvalue weighted by molar-refractivity contribution is -0.386. The van der Waals surface area contributed by atoms with Gasteiger partial charge >= 0.3 is 0 Å². The second kappa shape index (κ2) is 3.77. The lowest BCUT2D eigenvalue weighted by Gasteiger charge is -2.21. The van der Waals surface area contributed by atoms with Crippen molar-refractivity contribution < 1.29 is 4.92 Å². The minimum Gasteiger partial charge on any atom is -0.398 e. The number of anilines is 1. The van der Waals surface area contributed by atoms with Gasteiger partial charge in [0.1, 0.15) is 0 Å². The van der Waals surface area contributed by atoms with E-state index in [1.54, 1.807) is 6.92 Å². The van der Waals surface area contributed by atoms with Gasteiger partial charge in [-0.2, -0.15) is 0 Å². The Morgan fingerprint density at radius 2 is 1.81 bits per heavy atom. The number of nitrogens with zero attached hydrogens (tertiary/aromatic N) is 1. The molecule has 0 aliphatic rings. The predicted molar refractivity (Wildman–Crippen MR) is 65.7 cm³/mol. The average Bonchev–Trinajstić information content (AvgIpc) is 2.11. The van der Waals surface area contributed by atoms with Crippen molar-refractivity contribution in [1.29, 1.82) is 0 Å². The monoisotopic (exact) mass is 222 g/mol. The van der Waals surface area contributed by atoms with E-state index in [2.05, 4.69) is 0 Å². The van der Waals surface area contributed by atoms with E-state index in [-0.39, 0.29) is 16.0 Å². The SMILES string of the molecule is Cc1cc(C(C)(C)C)c([N+](=O)[O-])c(C)c1N. The van der Waals surface area contributed by atoms with Crippen LogP contribution in [-0.4, -0.2) is 4.92 Å². The Bertz CT molecular complexity index is 445. The van der Waals surface area contributed by atoms with Crippen LogP contribution in [0.25, 0.3) is 0 Å². The third-order valence-corrected chi connectivity index (χ3v) is 2.79. The fraction of sp³-hybridized carbons (Fsp3) is 0.500. The van der Waals surface area contributed by atoms with Crippen molar-refractivity contribution in [3.05, 3.63) is 32.9 Å². The summed E-state index contributed by atoms with van der Waals surface area (Å²) in [5, 5.41) is 11.1. The van der Waals surface area contributed by atoms with Crippen LogP contribution in [0.1, 0.15) is 37.5 Å². The van der Waals surface area contributed by atoms with Crippen LogP contribution in [0.2, 0.25) is 0 Å². The molecule has 0 heterocycles. The summed E-state index contributed by atoms with van der Waals surface area (Å²) in [5.74, 6) is 0. The van der Waals surface area contributed by atoms with Crippen molar-refractivity contribution in [2.45, 2.75) is 40.0 Å². The number of nitro groups is 1. The molecular weight excluding hydrogens is 204 g/mol. The van der Waals surface area contributed by atoms with E-state index in [0.717, 1.165) is 11.1 Å². The van der Waals surface area contributed by atoms with Crippen molar-refractivity contribution >= 4 is 11.4 Å². The number of hydrogen-bond donors (Lipinski definition) is 1. The Labute approximate surface area is 95.6 Å². The van der Waals surface area contributed by atoms with E-state index >= 15 is 0 Å². The van der Waals surface area contributed by atoms with Crippen LogP contribution in [0.15, 0.2) is 6.07 Å². The second-order valence-corrected chi connectivity index (χ2v) is 5.14. The second-order valence-electron chi connectivity index (χ2n) is 5.14. The first kappa shape index (κ1) is 12.5. The predicted octanol–water partition coefficient (Wildman–Crippen LogP) is 3.09. The zero-order chi connectivity index (χ0) is 12.7. The van der Waals surface area contributed by atoms with Crippen LogP contribution < -0.4 is 5.73 Å². The molecule has 4 heteroatoms. The zero-order valence-electron chi connectivity index (χ0n) is 10.4. The molecule has 0 amide bonds. The number of hydrogen-bond acceptors (Lipinski definition) is 3. The first-order chi connectivity index (χ1) is 7.16. The van der Waals surface area contributed by atoms with Crippen LogP contribution >= 0.6 is 0 Å². The van der Waals surface area contributed by atoms with Gasteiger partial charge in [-0.1, -0.05) is 20.8 Å². The molecule has 4 nitrogen and oxygen atoms in total. The lowest BCUT2D eigenvalue weighted by Crippen LogP contribution is -2.16. The summed E-state index contributed by atoms with van der Waals surface area (Å²) in [5.41, 5.74) is 8.43. The molecule has 1 rings (SSSR count). The van der Waals surface area contributed by atoms with Gasteiger partial charge in [0, 0.05) is 11.3 Å². The molecule has 0 atom stereocenters. The Hall–Kier alpha value is -1.58. The van der Waals surface area contributed by atoms with E-state index in [4.69, 9.17) is 5.73 Å². The molecule has 0 aliphatic heterocycles. The number of benzene rings is 1. The molecule has 1 aromatic carbocycles. The average molecular weight is 222 g/mol. The van der Waals surface area contributed by atoms with Gasteiger partial charge in [-0.15, -0.1) is 0 Å². The maximum Gasteiger partial charge on any atom is 0.278 e. The Balaban J connectivity index is 3.67. The Morgan fingerprint density at radius 1 is 1.31 bits per heavy atom. The molecule has 0 saturated heterocycles. The smallest absolute Gasteiger partial charge is 0.278 e. The van der Waals surface area contributed by atoms with Gasteiger partial charge in [-0.05, 0) is 30.9 Å². The maximum absolute atomic E-state index is 11.1. The summed E-state index contributed by atoms with van der Waals surface area (Å²) in [6.45, 7) is 9.47. The number of nitro benzene ring substituents is 1. The maximum atomic E-state index is 11.1. The third kappa shape index (κ3) is 2.01. The third-order valence-electron chi connectivity index (χ3n) is 2.79. The summed E-state index contributed by atoms with van der Waals surface area (Å²) in [6, 6.07) is 1.82. The minimum atomic E-state index is -0.342. The van der Waals surface area contributed by atoms with Gasteiger partial charge in [-0.3, -0.25) is 10.1 Å². The van der Waals surface area contributed by atoms with E-state index in [1.807, 2.05) is 33.8 Å². The first-order valence-corrected chi connectivity index (χ1v) is 5.20. The summed E-state index contributed by atoms with van der Waals surface area (Å²) in [4.78, 5) is 10.8. The largest absolute Gasteiger partial charge is 0.398 e. The molecule has 0 saturated carbocycles. The van der Waals surface area contributed by atoms with E-state index in [0.29, 0.717) is 11.3 Å². The normalized spacial score (nSPS) is 11.6. The van der Waals surface area contributed by atoms with Crippen molar-refractivity contribution in [3.8, 4) is 0 Å². The molecule has 0 unspecified atom stereocenters. The van der Waals surface area contributed by atoms with Crippen molar-refractivity contribution in [1.82, 2.24) is 0 Å². The van der Waals surface area contributed by atoms with Gasteiger partial charge < -0.3 is 5.73 Å². The van der Waals surface area contributed by atoms with Gasteiger partial charge in [0.2, 0.25) is 0 Å². The fourth-order valence-electron chi connectivity index (χ4n) is 1.79. The first-order valence-electron chi connectivity index (χ1n) is 5.20. The quantitative estimate of drug-likeness (QED) is 0.451. The molecule has 16 heavy (non-hydrogen) atoms. The zero-order valence-corrected chi connectivity index (χ0v) is 10.4. The molecule has 0 aliphatic carbocycles. The molecule has 88 valence electrons. The van der Waals surface area contributed by atoms with Crippen molar-refractivity contribution in [3.63, 3.8) is 0 Å². The Morgan fingerprint density at radius 3 is 2.19 bits per heavy atom. The summed E-state index contributed by atoms with van der Waals surface area (Å²) >= 11 is 0. The number of rotatable bonds is 1. The van der Waals surface area contributed by atoms with Crippen LogP contribution in [0.4, 0.5) is 11.4 Å². The standard InChI is InChI=1S/C12H18N2O2/c1-7-6-9(12(3,4)5)11(14(15)16)8(2)10(7)13/h6H,13H2,1-5H3. The van der Waals surface area contributed by atoms with E-state index < -0.39 is 0 Å². The van der Waals surface area contributed by atoms with Gasteiger partial charge in [-0.25, -0.2) is 0 Å². The highest BCUT2D eigenvalue weighted by Gasteiger charge is 2.28. The number of nitrogens with two attached hydrogens (primary N) is 1. The van der Waals surface area contributed by atoms with Crippen molar-refractivity contribution in [2.75, 3.05) is 5.73 Å². The van der Waals surface area contributed by atoms with Crippen LogP contribution in [0.5, 0.6) is 0 Å². The molecule has 0 spiro atoms. The van der Waals surface area contributed by atoms with Crippen LogP contribution in [-0.2, 0) is 5.41 Å². The highest BCUT2D eigenvalue weighted by Crippen LogP contribution is 2.37. The highest BCUT2D eigenvalue weighted by atomic mass is 16.6. The molecule has 0 fully saturated rings.